The summed E-state index contributed by atoms with van der Waals surface area (Å²) in [7, 11) is 0. The van der Waals surface area contributed by atoms with Gasteiger partial charge in [-0.05, 0) is 37.1 Å². The number of anilines is 1. The van der Waals surface area contributed by atoms with E-state index in [0.29, 0.717) is 17.1 Å². The van der Waals surface area contributed by atoms with E-state index < -0.39 is 5.41 Å². The van der Waals surface area contributed by atoms with Crippen molar-refractivity contribution in [3.63, 3.8) is 0 Å². The van der Waals surface area contributed by atoms with Gasteiger partial charge in [0.15, 0.2) is 0 Å². The summed E-state index contributed by atoms with van der Waals surface area (Å²) in [6.45, 7) is 3.96. The number of hydrogen-bond acceptors (Lipinski definition) is 2. The fraction of sp³-hybridized carbons (Fsp3) is 0.235. The number of fused-ring (bicyclic) bond motifs is 1. The minimum Gasteiger partial charge on any atom is -0.307 e. The number of carbonyl (C=O) groups is 1. The molecule has 0 aromatic heterocycles. The molecule has 0 spiro atoms. The van der Waals surface area contributed by atoms with Gasteiger partial charge in [-0.3, -0.25) is 4.79 Å². The van der Waals surface area contributed by atoms with Crippen LogP contribution in [0.5, 0.6) is 0 Å². The minimum absolute atomic E-state index is 0.0695. The molecule has 0 saturated heterocycles. The summed E-state index contributed by atoms with van der Waals surface area (Å²) in [6.07, 6.45) is 0. The number of amides is 1. The Morgan fingerprint density at radius 2 is 1.91 bits per heavy atom. The van der Waals surface area contributed by atoms with E-state index in [1.54, 1.807) is 36.9 Å². The highest BCUT2D eigenvalue weighted by Crippen LogP contribution is 2.44. The number of halogens is 1. The van der Waals surface area contributed by atoms with Gasteiger partial charge in [-0.2, -0.15) is 0 Å². The lowest BCUT2D eigenvalue weighted by Crippen LogP contribution is -2.35. The molecule has 5 nitrogen and oxygen atoms in total. The molecule has 0 bridgehead atoms. The maximum absolute atomic E-state index is 12.8. The van der Waals surface area contributed by atoms with Crippen LogP contribution in [0.1, 0.15) is 25.0 Å². The molecule has 1 N–H and O–H groups in total. The molecule has 23 heavy (non-hydrogen) atoms. The maximum Gasteiger partial charge on any atom is 0.317 e. The minimum atomic E-state index is -0.775. The van der Waals surface area contributed by atoms with E-state index in [1.165, 1.54) is 6.07 Å². The predicted octanol–water partition coefficient (Wildman–Crippen LogP) is 3.96. The molecule has 1 heterocycles. The van der Waals surface area contributed by atoms with Crippen LogP contribution in [0, 0.1) is 4.91 Å². The Hall–Kier alpha value is -2.40. The first-order valence-corrected chi connectivity index (χ1v) is 7.56. The summed E-state index contributed by atoms with van der Waals surface area (Å²) in [6, 6.07) is 12.1. The molecule has 1 amide bonds. The summed E-state index contributed by atoms with van der Waals surface area (Å²) in [5, 5.41) is 9.69. The van der Waals surface area contributed by atoms with E-state index in [0.717, 1.165) is 11.3 Å². The van der Waals surface area contributed by atoms with Crippen LogP contribution in [0.25, 0.3) is 0 Å². The number of hydrogen-bond donors (Lipinski definition) is 1. The first-order valence-electron chi connectivity index (χ1n) is 7.18. The highest BCUT2D eigenvalue weighted by Gasteiger charge is 2.45. The van der Waals surface area contributed by atoms with Gasteiger partial charge in [0.05, 0.1) is 16.9 Å². The highest BCUT2D eigenvalue weighted by atomic mass is 35.5. The molecular formula is C17H16ClN2O3+. The lowest BCUT2D eigenvalue weighted by atomic mass is 9.86. The van der Waals surface area contributed by atoms with Crippen LogP contribution in [0.4, 0.5) is 11.4 Å². The fourth-order valence-corrected chi connectivity index (χ4v) is 3.09. The molecular weight excluding hydrogens is 316 g/mol. The van der Waals surface area contributed by atoms with Gasteiger partial charge in [0.1, 0.15) is 0 Å². The zero-order valence-electron chi connectivity index (χ0n) is 12.8. The molecule has 0 atom stereocenters. The molecule has 0 radical (unpaired) electrons. The SMILES string of the molecule is CC1(C)C(=O)N(Cc2ccccc2Cl)c2ccc([N+](=O)O)cc21. The Kier molecular flexibility index (Phi) is 3.60. The summed E-state index contributed by atoms with van der Waals surface area (Å²) in [5.74, 6) is -0.0695. The van der Waals surface area contributed by atoms with Crippen molar-refractivity contribution in [3.05, 3.63) is 63.5 Å². The molecule has 0 aliphatic carbocycles. The molecule has 3 rings (SSSR count). The summed E-state index contributed by atoms with van der Waals surface area (Å²) >= 11 is 6.20. The van der Waals surface area contributed by atoms with Gasteiger partial charge in [0.2, 0.25) is 5.91 Å². The molecule has 0 unspecified atom stereocenters. The highest BCUT2D eigenvalue weighted by molar-refractivity contribution is 6.31. The second-order valence-electron chi connectivity index (χ2n) is 6.08. The second kappa shape index (κ2) is 5.35. The Morgan fingerprint density at radius 3 is 2.57 bits per heavy atom. The van der Waals surface area contributed by atoms with Crippen molar-refractivity contribution in [1.29, 1.82) is 0 Å². The van der Waals surface area contributed by atoms with Crippen molar-refractivity contribution in [2.75, 3.05) is 4.90 Å². The predicted molar refractivity (Wildman–Crippen MR) is 87.2 cm³/mol. The second-order valence-corrected chi connectivity index (χ2v) is 6.49. The fourth-order valence-electron chi connectivity index (χ4n) is 2.89. The van der Waals surface area contributed by atoms with Crippen molar-refractivity contribution in [1.82, 2.24) is 0 Å². The molecule has 118 valence electrons. The number of carbonyl (C=O) groups excluding carboxylic acids is 1. The van der Waals surface area contributed by atoms with Gasteiger partial charge < -0.3 is 4.90 Å². The average Bonchev–Trinajstić information content (AvgIpc) is 2.70. The quantitative estimate of drug-likeness (QED) is 0.866. The van der Waals surface area contributed by atoms with Gasteiger partial charge in [-0.25, -0.2) is 5.21 Å². The topological polar surface area (TPSA) is 60.6 Å². The van der Waals surface area contributed by atoms with Gasteiger partial charge in [-0.1, -0.05) is 29.8 Å². The van der Waals surface area contributed by atoms with E-state index in [4.69, 9.17) is 16.8 Å². The zero-order valence-corrected chi connectivity index (χ0v) is 13.5. The third-order valence-corrected chi connectivity index (χ3v) is 4.60. The van der Waals surface area contributed by atoms with Crippen LogP contribution >= 0.6 is 11.6 Å². The Morgan fingerprint density at radius 1 is 1.22 bits per heavy atom. The Balaban J connectivity index is 2.06. The molecule has 6 heteroatoms. The van der Waals surface area contributed by atoms with Gasteiger partial charge in [-0.15, -0.1) is 0 Å². The van der Waals surface area contributed by atoms with Crippen LogP contribution < -0.4 is 4.90 Å². The van der Waals surface area contributed by atoms with Crippen LogP contribution in [0.2, 0.25) is 5.02 Å². The molecule has 2 aromatic rings. The molecule has 0 fully saturated rings. The van der Waals surface area contributed by atoms with E-state index >= 15 is 0 Å². The monoisotopic (exact) mass is 331 g/mol. The molecule has 1 aliphatic rings. The van der Waals surface area contributed by atoms with Crippen LogP contribution in [-0.2, 0) is 16.8 Å². The summed E-state index contributed by atoms with van der Waals surface area (Å²) < 4.78 is 0. The normalized spacial score (nSPS) is 15.6. The van der Waals surface area contributed by atoms with Crippen molar-refractivity contribution >= 4 is 28.9 Å². The van der Waals surface area contributed by atoms with Crippen molar-refractivity contribution in [2.24, 2.45) is 0 Å². The van der Waals surface area contributed by atoms with Crippen LogP contribution in [-0.4, -0.2) is 16.0 Å². The van der Waals surface area contributed by atoms with E-state index in [1.807, 2.05) is 18.2 Å². The summed E-state index contributed by atoms with van der Waals surface area (Å²) in [5.41, 5.74) is 1.61. The lowest BCUT2D eigenvalue weighted by molar-refractivity contribution is -0.729. The lowest BCUT2D eigenvalue weighted by Gasteiger charge is -2.21. The first kappa shape index (κ1) is 15.5. The van der Waals surface area contributed by atoms with Gasteiger partial charge in [0, 0.05) is 22.8 Å². The van der Waals surface area contributed by atoms with Crippen LogP contribution in [0.3, 0.4) is 0 Å². The van der Waals surface area contributed by atoms with Gasteiger partial charge >= 0.3 is 5.69 Å². The van der Waals surface area contributed by atoms with Crippen molar-refractivity contribution in [3.8, 4) is 0 Å². The van der Waals surface area contributed by atoms with Gasteiger partial charge in [0.25, 0.3) is 4.92 Å². The van der Waals surface area contributed by atoms with Crippen LogP contribution in [0.15, 0.2) is 42.5 Å². The van der Waals surface area contributed by atoms with E-state index in [9.17, 15) is 9.70 Å². The number of nitrogens with zero attached hydrogens (tertiary/aromatic N) is 2. The Bertz CT molecular complexity index is 817. The van der Waals surface area contributed by atoms with Crippen molar-refractivity contribution < 1.29 is 14.9 Å². The third kappa shape index (κ3) is 2.47. The average molecular weight is 332 g/mol. The molecule has 2 aromatic carbocycles. The van der Waals surface area contributed by atoms with E-state index in [-0.39, 0.29) is 16.5 Å². The number of rotatable bonds is 3. The first-order chi connectivity index (χ1) is 10.8. The summed E-state index contributed by atoms with van der Waals surface area (Å²) in [4.78, 5) is 25.4. The largest absolute Gasteiger partial charge is 0.317 e. The van der Waals surface area contributed by atoms with E-state index in [2.05, 4.69) is 0 Å². The third-order valence-electron chi connectivity index (χ3n) is 4.23. The maximum atomic E-state index is 12.8. The standard InChI is InChI=1S/C17H16ClN2O3/c1-17(2)13-9-12(20(22)23)7-8-15(13)19(16(17)21)10-11-5-3-4-6-14(11)18/h3-9H,10H2,1-2H3,(H,22,23)/q+1. The molecule has 1 aliphatic heterocycles. The van der Waals surface area contributed by atoms with Crippen molar-refractivity contribution in [2.45, 2.75) is 25.8 Å². The molecule has 0 saturated carbocycles. The zero-order chi connectivity index (χ0) is 16.8. The Labute approximate surface area is 138 Å². The number of benzene rings is 2. The smallest absolute Gasteiger partial charge is 0.307 e.